The zero-order chi connectivity index (χ0) is 12.5. The Labute approximate surface area is 105 Å². The summed E-state index contributed by atoms with van der Waals surface area (Å²) in [6.07, 6.45) is 3.40. The van der Waals surface area contributed by atoms with Crippen LogP contribution >= 0.6 is 0 Å². The van der Waals surface area contributed by atoms with Gasteiger partial charge in [-0.05, 0) is 11.8 Å². The Hall–Kier alpha value is -0.830. The fourth-order valence-corrected chi connectivity index (χ4v) is 2.50. The normalized spacial score (nSPS) is 16.0. The molecule has 0 unspecified atom stereocenters. The van der Waals surface area contributed by atoms with E-state index in [-0.39, 0.29) is 0 Å². The van der Waals surface area contributed by atoms with Crippen molar-refractivity contribution in [3.8, 4) is 0 Å². The Bertz CT molecular complexity index is 385. The van der Waals surface area contributed by atoms with Crippen LogP contribution in [0.25, 0.3) is 0 Å². The molecule has 0 spiro atoms. The number of aryl methyl sites for hydroxylation is 1. The number of imidazole rings is 1. The van der Waals surface area contributed by atoms with Gasteiger partial charge in [-0.25, -0.2) is 4.98 Å². The molecule has 3 nitrogen and oxygen atoms in total. The summed E-state index contributed by atoms with van der Waals surface area (Å²) in [5.74, 6) is 1.29. The molecule has 0 atom stereocenters. The van der Waals surface area contributed by atoms with Crippen LogP contribution in [-0.4, -0.2) is 16.1 Å². The maximum atomic E-state index is 4.83. The molecular weight excluding hydrogens is 210 g/mol. The van der Waals surface area contributed by atoms with E-state index in [0.717, 1.165) is 32.5 Å². The third kappa shape index (κ3) is 2.89. The van der Waals surface area contributed by atoms with E-state index in [1.807, 2.05) is 0 Å². The van der Waals surface area contributed by atoms with Crippen molar-refractivity contribution in [3.63, 3.8) is 0 Å². The lowest BCUT2D eigenvalue weighted by atomic mass is 9.96. The van der Waals surface area contributed by atoms with Crippen LogP contribution < -0.4 is 5.32 Å². The minimum absolute atomic E-state index is 0.321. The molecular formula is C14H25N3. The molecule has 1 aromatic heterocycles. The summed E-state index contributed by atoms with van der Waals surface area (Å²) < 4.78 is 2.49. The first kappa shape index (κ1) is 12.6. The number of rotatable bonds is 3. The third-order valence-electron chi connectivity index (χ3n) is 3.17. The van der Waals surface area contributed by atoms with E-state index >= 15 is 0 Å². The van der Waals surface area contributed by atoms with Crippen molar-refractivity contribution in [1.82, 2.24) is 14.9 Å². The molecule has 3 heteroatoms. The number of hydrogen-bond donors (Lipinski definition) is 1. The maximum absolute atomic E-state index is 4.83. The number of nitrogens with one attached hydrogen (secondary N) is 1. The van der Waals surface area contributed by atoms with E-state index in [1.54, 1.807) is 0 Å². The molecule has 2 heterocycles. The Kier molecular flexibility index (Phi) is 3.57. The highest BCUT2D eigenvalue weighted by Gasteiger charge is 2.22. The van der Waals surface area contributed by atoms with E-state index in [0.29, 0.717) is 5.41 Å². The first-order chi connectivity index (χ1) is 8.01. The van der Waals surface area contributed by atoms with Crippen LogP contribution in [0.3, 0.4) is 0 Å². The lowest BCUT2D eigenvalue weighted by Gasteiger charge is -2.24. The summed E-state index contributed by atoms with van der Waals surface area (Å²) in [7, 11) is 0. The molecule has 2 rings (SSSR count). The molecule has 0 saturated carbocycles. The molecule has 1 aliphatic rings. The SMILES string of the molecule is CCCc1nc2c(n1CC(C)(C)C)CCNC2. The average molecular weight is 235 g/mol. The van der Waals surface area contributed by atoms with E-state index in [4.69, 9.17) is 4.98 Å². The zero-order valence-corrected chi connectivity index (χ0v) is 11.6. The standard InChI is InChI=1S/C14H25N3/c1-5-6-13-16-11-9-15-8-7-12(11)17(13)10-14(2,3)4/h15H,5-10H2,1-4H3. The predicted molar refractivity (Wildman–Crippen MR) is 71.1 cm³/mol. The van der Waals surface area contributed by atoms with Gasteiger partial charge in [0.05, 0.1) is 5.69 Å². The van der Waals surface area contributed by atoms with Gasteiger partial charge in [-0.1, -0.05) is 27.7 Å². The summed E-state index contributed by atoms with van der Waals surface area (Å²) in [6.45, 7) is 12.3. The Balaban J connectivity index is 2.35. The van der Waals surface area contributed by atoms with Crippen molar-refractivity contribution >= 4 is 0 Å². The van der Waals surface area contributed by atoms with Crippen molar-refractivity contribution in [2.24, 2.45) is 5.41 Å². The molecule has 0 aromatic carbocycles. The summed E-state index contributed by atoms with van der Waals surface area (Å²) in [4.78, 5) is 4.83. The molecule has 0 fully saturated rings. The molecule has 0 radical (unpaired) electrons. The second-order valence-corrected chi connectivity index (χ2v) is 6.25. The minimum Gasteiger partial charge on any atom is -0.331 e. The molecule has 17 heavy (non-hydrogen) atoms. The first-order valence-electron chi connectivity index (χ1n) is 6.79. The average Bonchev–Trinajstić information content (AvgIpc) is 2.56. The van der Waals surface area contributed by atoms with Crippen LogP contribution in [0.15, 0.2) is 0 Å². The van der Waals surface area contributed by atoms with Crippen LogP contribution in [0, 0.1) is 5.41 Å². The van der Waals surface area contributed by atoms with Crippen molar-refractivity contribution in [3.05, 3.63) is 17.2 Å². The number of hydrogen-bond acceptors (Lipinski definition) is 2. The van der Waals surface area contributed by atoms with Crippen molar-refractivity contribution in [2.45, 2.75) is 60.0 Å². The molecule has 1 aliphatic heterocycles. The summed E-state index contributed by atoms with van der Waals surface area (Å²) >= 11 is 0. The van der Waals surface area contributed by atoms with Gasteiger partial charge in [0.2, 0.25) is 0 Å². The lowest BCUT2D eigenvalue weighted by Crippen LogP contribution is -2.27. The quantitative estimate of drug-likeness (QED) is 0.872. The minimum atomic E-state index is 0.321. The van der Waals surface area contributed by atoms with Crippen LogP contribution in [-0.2, 0) is 25.9 Å². The van der Waals surface area contributed by atoms with Gasteiger partial charge >= 0.3 is 0 Å². The van der Waals surface area contributed by atoms with Crippen LogP contribution in [0.5, 0.6) is 0 Å². The highest BCUT2D eigenvalue weighted by Crippen LogP contribution is 2.23. The van der Waals surface area contributed by atoms with Crippen LogP contribution in [0.1, 0.15) is 51.3 Å². The van der Waals surface area contributed by atoms with E-state index < -0.39 is 0 Å². The van der Waals surface area contributed by atoms with Gasteiger partial charge in [-0.2, -0.15) is 0 Å². The van der Waals surface area contributed by atoms with E-state index in [2.05, 4.69) is 37.6 Å². The van der Waals surface area contributed by atoms with Gasteiger partial charge in [0.15, 0.2) is 0 Å². The largest absolute Gasteiger partial charge is 0.331 e. The highest BCUT2D eigenvalue weighted by molar-refractivity contribution is 5.20. The lowest BCUT2D eigenvalue weighted by molar-refractivity contribution is 0.331. The molecule has 1 N–H and O–H groups in total. The number of fused-ring (bicyclic) bond motifs is 1. The highest BCUT2D eigenvalue weighted by atomic mass is 15.1. The fraction of sp³-hybridized carbons (Fsp3) is 0.786. The molecule has 0 amide bonds. The number of aromatic nitrogens is 2. The summed E-state index contributed by atoms with van der Waals surface area (Å²) in [5.41, 5.74) is 3.08. The smallest absolute Gasteiger partial charge is 0.109 e. The second kappa shape index (κ2) is 4.81. The maximum Gasteiger partial charge on any atom is 0.109 e. The van der Waals surface area contributed by atoms with Crippen molar-refractivity contribution < 1.29 is 0 Å². The Morgan fingerprint density at radius 2 is 2.12 bits per heavy atom. The molecule has 0 bridgehead atoms. The van der Waals surface area contributed by atoms with E-state index in [9.17, 15) is 0 Å². The molecule has 0 saturated heterocycles. The zero-order valence-electron chi connectivity index (χ0n) is 11.6. The monoisotopic (exact) mass is 235 g/mol. The number of nitrogens with zero attached hydrogens (tertiary/aromatic N) is 2. The second-order valence-electron chi connectivity index (χ2n) is 6.25. The van der Waals surface area contributed by atoms with Crippen molar-refractivity contribution in [2.75, 3.05) is 6.54 Å². The Morgan fingerprint density at radius 3 is 2.76 bits per heavy atom. The van der Waals surface area contributed by atoms with E-state index in [1.165, 1.54) is 23.6 Å². The Morgan fingerprint density at radius 1 is 1.35 bits per heavy atom. The first-order valence-corrected chi connectivity index (χ1v) is 6.79. The topological polar surface area (TPSA) is 29.9 Å². The fourth-order valence-electron chi connectivity index (χ4n) is 2.50. The van der Waals surface area contributed by atoms with Gasteiger partial charge in [0, 0.05) is 38.2 Å². The summed E-state index contributed by atoms with van der Waals surface area (Å²) in [6, 6.07) is 0. The van der Waals surface area contributed by atoms with Crippen LogP contribution in [0.2, 0.25) is 0 Å². The van der Waals surface area contributed by atoms with Gasteiger partial charge in [0.25, 0.3) is 0 Å². The molecule has 0 aliphatic carbocycles. The van der Waals surface area contributed by atoms with Crippen LogP contribution in [0.4, 0.5) is 0 Å². The predicted octanol–water partition coefficient (Wildman–Crippen LogP) is 2.53. The summed E-state index contributed by atoms with van der Waals surface area (Å²) in [5, 5.41) is 3.41. The van der Waals surface area contributed by atoms with Gasteiger partial charge in [-0.15, -0.1) is 0 Å². The van der Waals surface area contributed by atoms with Crippen molar-refractivity contribution in [1.29, 1.82) is 0 Å². The van der Waals surface area contributed by atoms with Gasteiger partial charge in [0.1, 0.15) is 5.82 Å². The third-order valence-corrected chi connectivity index (χ3v) is 3.17. The van der Waals surface area contributed by atoms with Gasteiger partial charge in [-0.3, -0.25) is 0 Å². The molecule has 96 valence electrons. The molecule has 1 aromatic rings. The van der Waals surface area contributed by atoms with Gasteiger partial charge < -0.3 is 9.88 Å².